The molecule has 4 rings (SSSR count). The Labute approximate surface area is 181 Å². The molecule has 158 valence electrons. The molecular formula is C22H28N6OS. The molecule has 0 spiro atoms. The lowest BCUT2D eigenvalue weighted by Crippen LogP contribution is -2.56. The molecule has 0 aromatic carbocycles. The minimum Gasteiger partial charge on any atom is -0.353 e. The predicted octanol–water partition coefficient (Wildman–Crippen LogP) is 3.29. The van der Waals surface area contributed by atoms with E-state index in [1.165, 1.54) is 19.3 Å². The lowest BCUT2D eigenvalue weighted by Gasteiger charge is -2.41. The molecule has 1 saturated heterocycles. The number of aromatic nitrogens is 2. The maximum Gasteiger partial charge on any atom is 0.246 e. The third kappa shape index (κ3) is 4.32. The van der Waals surface area contributed by atoms with Crippen molar-refractivity contribution >= 4 is 28.2 Å². The van der Waals surface area contributed by atoms with Crippen molar-refractivity contribution in [2.24, 2.45) is 0 Å². The summed E-state index contributed by atoms with van der Waals surface area (Å²) in [6.45, 7) is 5.06. The van der Waals surface area contributed by atoms with E-state index >= 15 is 0 Å². The highest BCUT2D eigenvalue weighted by Gasteiger charge is 2.35. The van der Waals surface area contributed by atoms with Crippen molar-refractivity contribution in [3.63, 3.8) is 0 Å². The number of amides is 1. The number of rotatable bonds is 5. The summed E-state index contributed by atoms with van der Waals surface area (Å²) in [7, 11) is 0. The van der Waals surface area contributed by atoms with Gasteiger partial charge in [-0.05, 0) is 31.9 Å². The number of nitrogens with zero attached hydrogens (tertiary/aromatic N) is 6. The Balaban J connectivity index is 1.44. The predicted molar refractivity (Wildman–Crippen MR) is 119 cm³/mol. The smallest absolute Gasteiger partial charge is 0.246 e. The van der Waals surface area contributed by atoms with Crippen LogP contribution in [0.3, 0.4) is 0 Å². The second-order valence-corrected chi connectivity index (χ2v) is 8.87. The van der Waals surface area contributed by atoms with E-state index in [4.69, 9.17) is 0 Å². The molecule has 0 radical (unpaired) electrons. The maximum absolute atomic E-state index is 13.6. The molecule has 3 heterocycles. The molecule has 1 aliphatic carbocycles. The minimum atomic E-state index is -0.197. The van der Waals surface area contributed by atoms with Gasteiger partial charge in [0.2, 0.25) is 5.91 Å². The van der Waals surface area contributed by atoms with Crippen LogP contribution in [0.4, 0.5) is 10.9 Å². The van der Waals surface area contributed by atoms with Crippen molar-refractivity contribution in [3.05, 3.63) is 35.5 Å². The molecule has 7 nitrogen and oxygen atoms in total. The maximum atomic E-state index is 13.6. The Morgan fingerprint density at radius 3 is 2.63 bits per heavy atom. The molecular weight excluding hydrogens is 396 g/mol. The van der Waals surface area contributed by atoms with Gasteiger partial charge in [0.05, 0.1) is 11.6 Å². The highest BCUT2D eigenvalue weighted by molar-refractivity contribution is 7.13. The minimum absolute atomic E-state index is 0.154. The lowest BCUT2D eigenvalue weighted by atomic mass is 9.94. The van der Waals surface area contributed by atoms with Crippen molar-refractivity contribution in [1.29, 1.82) is 5.26 Å². The Morgan fingerprint density at radius 2 is 1.97 bits per heavy atom. The number of carbonyl (C=O) groups is 1. The zero-order valence-corrected chi connectivity index (χ0v) is 18.2. The van der Waals surface area contributed by atoms with Crippen LogP contribution in [0.2, 0.25) is 0 Å². The van der Waals surface area contributed by atoms with Crippen LogP contribution < -0.4 is 9.80 Å². The number of nitriles is 1. The van der Waals surface area contributed by atoms with Crippen LogP contribution in [-0.4, -0.2) is 59.0 Å². The number of piperazine rings is 1. The van der Waals surface area contributed by atoms with Gasteiger partial charge >= 0.3 is 0 Å². The molecule has 30 heavy (non-hydrogen) atoms. The van der Waals surface area contributed by atoms with Gasteiger partial charge in [0, 0.05) is 50.0 Å². The second-order valence-electron chi connectivity index (χ2n) is 8.00. The summed E-state index contributed by atoms with van der Waals surface area (Å²) in [4.78, 5) is 28.8. The van der Waals surface area contributed by atoms with Crippen LogP contribution in [-0.2, 0) is 4.79 Å². The van der Waals surface area contributed by atoms with E-state index in [1.54, 1.807) is 35.9 Å². The zero-order chi connectivity index (χ0) is 20.9. The van der Waals surface area contributed by atoms with Gasteiger partial charge in [0.15, 0.2) is 5.13 Å². The first-order chi connectivity index (χ1) is 14.7. The van der Waals surface area contributed by atoms with E-state index in [0.29, 0.717) is 5.56 Å². The lowest BCUT2D eigenvalue weighted by molar-refractivity contribution is -0.124. The SMILES string of the molecule is CC(C(=O)N(c1nccs1)C1CCCCC1)N1CCN(c2ncccc2C#N)CC1. The van der Waals surface area contributed by atoms with Gasteiger partial charge in [-0.1, -0.05) is 19.3 Å². The van der Waals surface area contributed by atoms with Crippen LogP contribution in [0.25, 0.3) is 0 Å². The molecule has 8 heteroatoms. The topological polar surface area (TPSA) is 76.4 Å². The molecule has 1 aliphatic heterocycles. The normalized spacial score (nSPS) is 19.3. The van der Waals surface area contributed by atoms with Gasteiger partial charge in [-0.2, -0.15) is 5.26 Å². The van der Waals surface area contributed by atoms with Gasteiger partial charge in [-0.15, -0.1) is 11.3 Å². The van der Waals surface area contributed by atoms with Gasteiger partial charge in [0.1, 0.15) is 11.9 Å². The fourth-order valence-corrected chi connectivity index (χ4v) is 5.24. The van der Waals surface area contributed by atoms with E-state index in [0.717, 1.165) is 50.0 Å². The number of anilines is 2. The Kier molecular flexibility index (Phi) is 6.60. The third-order valence-corrected chi connectivity index (χ3v) is 7.00. The van der Waals surface area contributed by atoms with Gasteiger partial charge in [-0.3, -0.25) is 14.6 Å². The summed E-state index contributed by atoms with van der Waals surface area (Å²) >= 11 is 1.55. The average molecular weight is 425 g/mol. The molecule has 1 unspecified atom stereocenters. The molecule has 2 aliphatic rings. The summed E-state index contributed by atoms with van der Waals surface area (Å²) in [6, 6.07) is 5.88. The molecule has 2 fully saturated rings. The largest absolute Gasteiger partial charge is 0.353 e. The molecule has 0 N–H and O–H groups in total. The van der Waals surface area contributed by atoms with E-state index < -0.39 is 0 Å². The van der Waals surface area contributed by atoms with Crippen molar-refractivity contribution < 1.29 is 4.79 Å². The first-order valence-corrected chi connectivity index (χ1v) is 11.6. The van der Waals surface area contributed by atoms with Crippen LogP contribution >= 0.6 is 11.3 Å². The van der Waals surface area contributed by atoms with Crippen LogP contribution in [0.1, 0.15) is 44.6 Å². The summed E-state index contributed by atoms with van der Waals surface area (Å²) in [6.07, 6.45) is 9.24. The molecule has 2 aromatic rings. The first kappa shape index (κ1) is 20.8. The first-order valence-electron chi connectivity index (χ1n) is 10.8. The van der Waals surface area contributed by atoms with E-state index in [1.807, 2.05) is 17.2 Å². The Bertz CT molecular complexity index is 881. The summed E-state index contributed by atoms with van der Waals surface area (Å²) < 4.78 is 0. The van der Waals surface area contributed by atoms with Crippen LogP contribution in [0.15, 0.2) is 29.9 Å². The van der Waals surface area contributed by atoms with Crippen LogP contribution in [0.5, 0.6) is 0 Å². The van der Waals surface area contributed by atoms with Gasteiger partial charge in [-0.25, -0.2) is 9.97 Å². The molecule has 1 saturated carbocycles. The van der Waals surface area contributed by atoms with E-state index in [-0.39, 0.29) is 18.0 Å². The second kappa shape index (κ2) is 9.54. The van der Waals surface area contributed by atoms with Crippen molar-refractivity contribution in [3.8, 4) is 6.07 Å². The van der Waals surface area contributed by atoms with E-state index in [2.05, 4.69) is 25.8 Å². The van der Waals surface area contributed by atoms with Crippen molar-refractivity contribution in [2.75, 3.05) is 36.0 Å². The number of thiazole rings is 1. The number of hydrogen-bond donors (Lipinski definition) is 0. The van der Waals surface area contributed by atoms with E-state index in [9.17, 15) is 10.1 Å². The third-order valence-electron chi connectivity index (χ3n) is 6.23. The van der Waals surface area contributed by atoms with Crippen molar-refractivity contribution in [1.82, 2.24) is 14.9 Å². The summed E-state index contributed by atoms with van der Waals surface area (Å²) in [5.74, 6) is 0.895. The summed E-state index contributed by atoms with van der Waals surface area (Å²) in [5.41, 5.74) is 0.599. The molecule has 0 bridgehead atoms. The zero-order valence-electron chi connectivity index (χ0n) is 17.4. The standard InChI is InChI=1S/C22H28N6OS/c1-17(21(29)28(22-25-10-15-30-22)19-7-3-2-4-8-19)26-11-13-27(14-12-26)20-18(16-23)6-5-9-24-20/h5-6,9-10,15,17,19H,2-4,7-8,11-14H2,1H3. The van der Waals surface area contributed by atoms with Gasteiger partial charge in [0.25, 0.3) is 0 Å². The number of hydrogen-bond acceptors (Lipinski definition) is 7. The Hall–Kier alpha value is -2.50. The molecule has 2 aromatic heterocycles. The highest BCUT2D eigenvalue weighted by Crippen LogP contribution is 2.30. The quantitative estimate of drug-likeness (QED) is 0.733. The van der Waals surface area contributed by atoms with Crippen LogP contribution in [0, 0.1) is 11.3 Å². The monoisotopic (exact) mass is 424 g/mol. The fraction of sp³-hybridized carbons (Fsp3) is 0.545. The molecule has 1 atom stereocenters. The highest BCUT2D eigenvalue weighted by atomic mass is 32.1. The number of pyridine rings is 1. The van der Waals surface area contributed by atoms with Crippen molar-refractivity contribution in [2.45, 2.75) is 51.1 Å². The fourth-order valence-electron chi connectivity index (χ4n) is 4.52. The average Bonchev–Trinajstić information content (AvgIpc) is 3.34. The van der Waals surface area contributed by atoms with Gasteiger partial charge < -0.3 is 4.90 Å². The Morgan fingerprint density at radius 1 is 1.20 bits per heavy atom. The molecule has 1 amide bonds. The summed E-state index contributed by atoms with van der Waals surface area (Å²) in [5, 5.41) is 12.1. The number of carbonyl (C=O) groups excluding carboxylic acids is 1.